The van der Waals surface area contributed by atoms with E-state index >= 15 is 0 Å². The Kier molecular flexibility index (Phi) is 4.51. The zero-order chi connectivity index (χ0) is 17.2. The van der Waals surface area contributed by atoms with Crippen molar-refractivity contribution < 1.29 is 13.2 Å². The van der Waals surface area contributed by atoms with Crippen LogP contribution in [0, 0.1) is 0 Å². The smallest absolute Gasteiger partial charge is 0.382 e. The van der Waals surface area contributed by atoms with Crippen molar-refractivity contribution in [2.75, 3.05) is 11.5 Å². The Labute approximate surface area is 137 Å². The summed E-state index contributed by atoms with van der Waals surface area (Å²) in [4.78, 5) is 12.1. The molecule has 0 aromatic carbocycles. The lowest BCUT2D eigenvalue weighted by Crippen LogP contribution is -2.19. The fraction of sp³-hybridized carbons (Fsp3) is 0.455. The normalized spacial score (nSPS) is 12.1. The first-order valence-corrected chi connectivity index (χ1v) is 7.79. The van der Waals surface area contributed by atoms with Crippen molar-refractivity contribution in [3.05, 3.63) is 12.7 Å². The molecule has 128 valence electrons. The highest BCUT2D eigenvalue weighted by Crippen LogP contribution is 2.22. The van der Waals surface area contributed by atoms with Crippen LogP contribution in [0.5, 0.6) is 0 Å². The maximum Gasteiger partial charge on any atom is 0.408 e. The molecule has 3 aromatic heterocycles. The molecule has 13 heteroatoms. The van der Waals surface area contributed by atoms with Gasteiger partial charge in [0.05, 0.1) is 6.33 Å². The van der Waals surface area contributed by atoms with Crippen molar-refractivity contribution in [3.63, 3.8) is 0 Å². The van der Waals surface area contributed by atoms with Crippen LogP contribution in [0.15, 0.2) is 17.8 Å². The molecule has 0 bridgehead atoms. The number of halogens is 3. The van der Waals surface area contributed by atoms with Crippen molar-refractivity contribution in [1.82, 2.24) is 39.7 Å². The predicted molar refractivity (Wildman–Crippen MR) is 78.9 cm³/mol. The Balaban J connectivity index is 1.56. The molecule has 2 N–H and O–H groups in total. The van der Waals surface area contributed by atoms with Crippen LogP contribution in [0.2, 0.25) is 0 Å². The predicted octanol–water partition coefficient (Wildman–Crippen LogP) is 1.14. The van der Waals surface area contributed by atoms with E-state index in [1.807, 2.05) is 4.57 Å². The summed E-state index contributed by atoms with van der Waals surface area (Å²) in [6, 6.07) is 0. The highest BCUT2D eigenvalue weighted by atomic mass is 32.2. The SMILES string of the molecule is Nc1ncnc2c1ncn2CCCSc1nnnn1CC(F)(F)F. The number of nitrogens with zero attached hydrogens (tertiary/aromatic N) is 8. The molecule has 0 atom stereocenters. The first kappa shape index (κ1) is 16.4. The molecule has 3 aromatic rings. The molecule has 0 spiro atoms. The Hall–Kier alpha value is -2.44. The summed E-state index contributed by atoms with van der Waals surface area (Å²) in [6.45, 7) is -0.620. The molecule has 0 saturated heterocycles. The van der Waals surface area contributed by atoms with E-state index in [1.165, 1.54) is 6.33 Å². The van der Waals surface area contributed by atoms with Crippen LogP contribution in [0.1, 0.15) is 6.42 Å². The van der Waals surface area contributed by atoms with E-state index < -0.39 is 12.7 Å². The van der Waals surface area contributed by atoms with Gasteiger partial charge in [-0.1, -0.05) is 11.8 Å². The number of imidazole rings is 1. The van der Waals surface area contributed by atoms with Gasteiger partial charge in [0.15, 0.2) is 11.5 Å². The molecule has 9 nitrogen and oxygen atoms in total. The molecule has 24 heavy (non-hydrogen) atoms. The Bertz CT molecular complexity index is 828. The summed E-state index contributed by atoms with van der Waals surface area (Å²) in [5, 5.41) is 10.4. The van der Waals surface area contributed by atoms with Crippen LogP contribution in [-0.2, 0) is 13.1 Å². The van der Waals surface area contributed by atoms with Gasteiger partial charge >= 0.3 is 6.18 Å². The monoisotopic (exact) mass is 359 g/mol. The number of hydrogen-bond donors (Lipinski definition) is 1. The van der Waals surface area contributed by atoms with E-state index in [1.54, 1.807) is 6.33 Å². The first-order valence-electron chi connectivity index (χ1n) is 6.81. The van der Waals surface area contributed by atoms with Gasteiger partial charge in [0.2, 0.25) is 5.16 Å². The molecular formula is C11H12F3N9S. The lowest BCUT2D eigenvalue weighted by molar-refractivity contribution is -0.144. The lowest BCUT2D eigenvalue weighted by Gasteiger charge is -2.07. The van der Waals surface area contributed by atoms with E-state index in [0.29, 0.717) is 35.7 Å². The van der Waals surface area contributed by atoms with E-state index in [0.717, 1.165) is 16.4 Å². The van der Waals surface area contributed by atoms with Gasteiger partial charge in [-0.15, -0.1) is 5.10 Å². The number of hydrogen-bond acceptors (Lipinski definition) is 8. The molecule has 0 saturated carbocycles. The molecule has 3 rings (SSSR count). The second-order valence-corrected chi connectivity index (χ2v) is 5.87. The number of rotatable bonds is 6. The Morgan fingerprint density at radius 3 is 2.83 bits per heavy atom. The van der Waals surface area contributed by atoms with Gasteiger partial charge in [-0.3, -0.25) is 0 Å². The minimum Gasteiger partial charge on any atom is -0.382 e. The molecule has 0 aliphatic rings. The second-order valence-electron chi connectivity index (χ2n) is 4.81. The quantitative estimate of drug-likeness (QED) is 0.515. The van der Waals surface area contributed by atoms with E-state index in [2.05, 4.69) is 30.5 Å². The number of alkyl halides is 3. The molecule has 3 heterocycles. The fourth-order valence-electron chi connectivity index (χ4n) is 2.03. The van der Waals surface area contributed by atoms with E-state index in [9.17, 15) is 13.2 Å². The summed E-state index contributed by atoms with van der Waals surface area (Å²) in [5.41, 5.74) is 6.85. The van der Waals surface area contributed by atoms with Gasteiger partial charge in [-0.05, 0) is 16.8 Å². The van der Waals surface area contributed by atoms with E-state index in [4.69, 9.17) is 5.73 Å². The zero-order valence-corrected chi connectivity index (χ0v) is 13.0. The number of thioether (sulfide) groups is 1. The Morgan fingerprint density at radius 1 is 1.21 bits per heavy atom. The average molecular weight is 359 g/mol. The minimum atomic E-state index is -4.36. The van der Waals surface area contributed by atoms with Gasteiger partial charge < -0.3 is 10.3 Å². The average Bonchev–Trinajstić information content (AvgIpc) is 3.10. The maximum absolute atomic E-state index is 12.4. The third kappa shape index (κ3) is 3.72. The highest BCUT2D eigenvalue weighted by molar-refractivity contribution is 7.99. The maximum atomic E-state index is 12.4. The van der Waals surface area contributed by atoms with Gasteiger partial charge in [0.1, 0.15) is 18.4 Å². The van der Waals surface area contributed by atoms with Gasteiger partial charge in [0, 0.05) is 12.3 Å². The molecule has 0 aliphatic carbocycles. The highest BCUT2D eigenvalue weighted by Gasteiger charge is 2.30. The topological polar surface area (TPSA) is 113 Å². The second kappa shape index (κ2) is 6.59. The van der Waals surface area contributed by atoms with Crippen molar-refractivity contribution in [2.24, 2.45) is 0 Å². The Morgan fingerprint density at radius 2 is 2.04 bits per heavy atom. The molecule has 0 unspecified atom stereocenters. The standard InChI is InChI=1S/C11H12F3N9S/c12-11(13,14)4-23-10(19-20-21-23)24-3-1-2-22-6-18-7-8(15)16-5-17-9(7)22/h5-6H,1-4H2,(H2,15,16,17). The van der Waals surface area contributed by atoms with Crippen molar-refractivity contribution in [3.8, 4) is 0 Å². The third-order valence-corrected chi connectivity index (χ3v) is 4.08. The first-order chi connectivity index (χ1) is 11.4. The number of aryl methyl sites for hydroxylation is 1. The number of anilines is 1. The number of tetrazole rings is 1. The van der Waals surface area contributed by atoms with Gasteiger partial charge in [0.25, 0.3) is 0 Å². The molecule has 0 amide bonds. The minimum absolute atomic E-state index is 0.134. The number of nitrogens with two attached hydrogens (primary N) is 1. The number of fused-ring (bicyclic) bond motifs is 1. The number of nitrogen functional groups attached to an aromatic ring is 1. The van der Waals surface area contributed by atoms with Crippen LogP contribution in [0.3, 0.4) is 0 Å². The van der Waals surface area contributed by atoms with Crippen LogP contribution in [-0.4, -0.2) is 51.7 Å². The van der Waals surface area contributed by atoms with Crippen LogP contribution in [0.25, 0.3) is 11.2 Å². The van der Waals surface area contributed by atoms with Crippen molar-refractivity contribution in [1.29, 1.82) is 0 Å². The lowest BCUT2D eigenvalue weighted by atomic mass is 10.4. The van der Waals surface area contributed by atoms with Gasteiger partial charge in [-0.25, -0.2) is 19.6 Å². The summed E-state index contributed by atoms with van der Waals surface area (Å²) >= 11 is 1.16. The van der Waals surface area contributed by atoms with Crippen molar-refractivity contribution >= 4 is 28.7 Å². The largest absolute Gasteiger partial charge is 0.408 e. The number of aromatic nitrogens is 8. The molecule has 0 fully saturated rings. The molecule has 0 aliphatic heterocycles. The fourth-order valence-corrected chi connectivity index (χ4v) is 2.83. The summed E-state index contributed by atoms with van der Waals surface area (Å²) < 4.78 is 39.7. The van der Waals surface area contributed by atoms with Crippen LogP contribution >= 0.6 is 11.8 Å². The molecule has 0 radical (unpaired) electrons. The van der Waals surface area contributed by atoms with Crippen molar-refractivity contribution in [2.45, 2.75) is 30.8 Å². The summed E-state index contributed by atoms with van der Waals surface area (Å²) in [5.74, 6) is 0.845. The zero-order valence-electron chi connectivity index (χ0n) is 12.2. The van der Waals surface area contributed by atoms with E-state index in [-0.39, 0.29) is 5.16 Å². The third-order valence-electron chi connectivity index (χ3n) is 3.03. The summed E-state index contributed by atoms with van der Waals surface area (Å²) in [7, 11) is 0. The summed E-state index contributed by atoms with van der Waals surface area (Å²) in [6.07, 6.45) is -0.733. The molecular weight excluding hydrogens is 347 g/mol. The van der Waals surface area contributed by atoms with Crippen LogP contribution < -0.4 is 5.73 Å². The van der Waals surface area contributed by atoms with Crippen LogP contribution in [0.4, 0.5) is 19.0 Å². The van der Waals surface area contributed by atoms with Gasteiger partial charge in [-0.2, -0.15) is 13.2 Å².